The average Bonchev–Trinajstić information content (AvgIpc) is 2.33. The van der Waals surface area contributed by atoms with E-state index in [4.69, 9.17) is 4.74 Å². The molecule has 1 aromatic rings. The van der Waals surface area contributed by atoms with Crippen LogP contribution in [-0.4, -0.2) is 7.11 Å². The largest absolute Gasteiger partial charge is 0.377 e. The van der Waals surface area contributed by atoms with Crippen LogP contribution in [0.15, 0.2) is 24.3 Å². The molecule has 0 aliphatic heterocycles. The van der Waals surface area contributed by atoms with E-state index < -0.39 is 0 Å². The van der Waals surface area contributed by atoms with Crippen LogP contribution in [0.1, 0.15) is 56.8 Å². The molecule has 0 radical (unpaired) electrons. The number of fused-ring (bicyclic) bond motifs is 1. The molecule has 0 amide bonds. The summed E-state index contributed by atoms with van der Waals surface area (Å²) in [7, 11) is 1.80. The van der Waals surface area contributed by atoms with Gasteiger partial charge in [-0.2, -0.15) is 0 Å². The summed E-state index contributed by atoms with van der Waals surface area (Å²) in [6, 6.07) is 8.64. The third-order valence-corrected chi connectivity index (χ3v) is 3.02. The minimum atomic E-state index is 0.326. The van der Waals surface area contributed by atoms with Gasteiger partial charge >= 0.3 is 0 Å². The van der Waals surface area contributed by atoms with Crippen molar-refractivity contribution < 1.29 is 4.74 Å². The van der Waals surface area contributed by atoms with E-state index in [-0.39, 0.29) is 0 Å². The molecule has 0 bridgehead atoms. The van der Waals surface area contributed by atoms with E-state index in [1.807, 2.05) is 13.8 Å². The summed E-state index contributed by atoms with van der Waals surface area (Å²) < 4.78 is 5.47. The van der Waals surface area contributed by atoms with Crippen LogP contribution in [0.4, 0.5) is 0 Å². The molecule has 0 saturated carbocycles. The topological polar surface area (TPSA) is 9.23 Å². The van der Waals surface area contributed by atoms with Gasteiger partial charge in [-0.05, 0) is 29.9 Å². The summed E-state index contributed by atoms with van der Waals surface area (Å²) in [6.07, 6.45) is 2.73. The zero-order valence-corrected chi connectivity index (χ0v) is 10.3. The van der Waals surface area contributed by atoms with Crippen LogP contribution < -0.4 is 0 Å². The number of rotatable bonds is 1. The van der Waals surface area contributed by atoms with Crippen LogP contribution in [0.5, 0.6) is 0 Å². The van der Waals surface area contributed by atoms with Crippen molar-refractivity contribution >= 4 is 0 Å². The second kappa shape index (κ2) is 5.92. The maximum absolute atomic E-state index is 5.47. The van der Waals surface area contributed by atoms with Gasteiger partial charge in [0.25, 0.3) is 0 Å². The summed E-state index contributed by atoms with van der Waals surface area (Å²) >= 11 is 0. The normalized spacial score (nSPS) is 23.7. The summed E-state index contributed by atoms with van der Waals surface area (Å²) in [4.78, 5) is 0. The molecule has 0 saturated heterocycles. The van der Waals surface area contributed by atoms with E-state index in [0.29, 0.717) is 12.0 Å². The van der Waals surface area contributed by atoms with Crippen LogP contribution in [0.2, 0.25) is 0 Å². The maximum atomic E-state index is 5.47. The lowest BCUT2D eigenvalue weighted by Crippen LogP contribution is -2.13. The van der Waals surface area contributed by atoms with Gasteiger partial charge in [0, 0.05) is 7.11 Å². The number of methoxy groups -OCH3 is 1. The van der Waals surface area contributed by atoms with Crippen LogP contribution in [0.25, 0.3) is 0 Å². The second-order valence-corrected chi connectivity index (χ2v) is 3.83. The first kappa shape index (κ1) is 12.3. The highest BCUT2D eigenvalue weighted by atomic mass is 16.5. The van der Waals surface area contributed by atoms with Crippen LogP contribution in [0, 0.1) is 0 Å². The molecule has 0 unspecified atom stereocenters. The summed E-state index contributed by atoms with van der Waals surface area (Å²) in [6.45, 7) is 6.30. The molecule has 0 fully saturated rings. The highest BCUT2D eigenvalue weighted by Gasteiger charge is 2.23. The molecule has 0 heterocycles. The van der Waals surface area contributed by atoms with Gasteiger partial charge in [0.2, 0.25) is 0 Å². The molecule has 1 aliphatic carbocycles. The Balaban J connectivity index is 0.000000531. The first-order valence-electron chi connectivity index (χ1n) is 5.94. The van der Waals surface area contributed by atoms with Crippen LogP contribution in [0.3, 0.4) is 0 Å². The van der Waals surface area contributed by atoms with Crippen molar-refractivity contribution in [2.24, 2.45) is 0 Å². The van der Waals surface area contributed by atoms with Gasteiger partial charge in [-0.1, -0.05) is 45.0 Å². The molecule has 0 aromatic heterocycles. The lowest BCUT2D eigenvalue weighted by molar-refractivity contribution is 0.0850. The Morgan fingerprint density at radius 2 is 1.67 bits per heavy atom. The van der Waals surface area contributed by atoms with E-state index in [2.05, 4.69) is 31.2 Å². The molecule has 0 N–H and O–H groups in total. The van der Waals surface area contributed by atoms with Gasteiger partial charge in [0.15, 0.2) is 0 Å². The van der Waals surface area contributed by atoms with Gasteiger partial charge in [-0.15, -0.1) is 0 Å². The molecule has 2 atom stereocenters. The summed E-state index contributed by atoms with van der Waals surface area (Å²) in [5, 5.41) is 0. The Bertz CT molecular complexity index is 293. The van der Waals surface area contributed by atoms with Gasteiger partial charge in [-0.25, -0.2) is 0 Å². The van der Waals surface area contributed by atoms with Gasteiger partial charge in [0.1, 0.15) is 0 Å². The Labute approximate surface area is 93.5 Å². The van der Waals surface area contributed by atoms with E-state index in [1.165, 1.54) is 17.5 Å². The predicted molar refractivity (Wildman–Crippen MR) is 65.2 cm³/mol. The van der Waals surface area contributed by atoms with Crippen molar-refractivity contribution in [3.8, 4) is 0 Å². The Morgan fingerprint density at radius 3 is 2.27 bits per heavy atom. The van der Waals surface area contributed by atoms with Crippen molar-refractivity contribution in [1.29, 1.82) is 0 Å². The number of benzene rings is 1. The van der Waals surface area contributed by atoms with Crippen molar-refractivity contribution in [3.05, 3.63) is 35.4 Å². The van der Waals surface area contributed by atoms with Gasteiger partial charge in [0.05, 0.1) is 6.10 Å². The molecular formula is C14H22O. The Hall–Kier alpha value is -0.820. The van der Waals surface area contributed by atoms with Crippen molar-refractivity contribution in [1.82, 2.24) is 0 Å². The number of hydrogen-bond donors (Lipinski definition) is 0. The Kier molecular flexibility index (Phi) is 4.83. The first-order valence-corrected chi connectivity index (χ1v) is 5.94. The third kappa shape index (κ3) is 2.60. The fraction of sp³-hybridized carbons (Fsp3) is 0.571. The lowest BCUT2D eigenvalue weighted by Gasteiger charge is -2.28. The molecule has 84 valence electrons. The van der Waals surface area contributed by atoms with Gasteiger partial charge in [-0.3, -0.25) is 0 Å². The van der Waals surface area contributed by atoms with Crippen LogP contribution >= 0.6 is 0 Å². The minimum Gasteiger partial charge on any atom is -0.377 e. The summed E-state index contributed by atoms with van der Waals surface area (Å²) in [5.74, 6) is 0.697. The number of ether oxygens (including phenoxy) is 1. The molecule has 1 nitrogen and oxygen atoms in total. The third-order valence-electron chi connectivity index (χ3n) is 3.02. The molecule has 15 heavy (non-hydrogen) atoms. The van der Waals surface area contributed by atoms with Crippen molar-refractivity contribution in [3.63, 3.8) is 0 Å². The fourth-order valence-corrected chi connectivity index (χ4v) is 2.21. The molecule has 1 aromatic carbocycles. The van der Waals surface area contributed by atoms with Crippen LogP contribution in [-0.2, 0) is 4.74 Å². The zero-order valence-electron chi connectivity index (χ0n) is 10.3. The minimum absolute atomic E-state index is 0.326. The van der Waals surface area contributed by atoms with Crippen molar-refractivity contribution in [2.45, 2.75) is 45.6 Å². The van der Waals surface area contributed by atoms with E-state index in [9.17, 15) is 0 Å². The van der Waals surface area contributed by atoms with Crippen molar-refractivity contribution in [2.75, 3.05) is 7.11 Å². The molecule has 1 heteroatoms. The SMILES string of the molecule is CC.CO[C@@H]1CC[C@@H](C)c2ccccc21. The quantitative estimate of drug-likeness (QED) is 0.665. The smallest absolute Gasteiger partial charge is 0.0824 e. The highest BCUT2D eigenvalue weighted by Crippen LogP contribution is 2.38. The molecule has 1 aliphatic rings. The second-order valence-electron chi connectivity index (χ2n) is 3.83. The molecular weight excluding hydrogens is 184 g/mol. The number of hydrogen-bond acceptors (Lipinski definition) is 1. The van der Waals surface area contributed by atoms with Gasteiger partial charge < -0.3 is 4.74 Å². The molecule has 2 rings (SSSR count). The maximum Gasteiger partial charge on any atom is 0.0824 e. The predicted octanol–water partition coefficient (Wildman–Crippen LogP) is 4.30. The standard InChI is InChI=1S/C12H16O.C2H6/c1-9-7-8-12(13-2)11-6-4-3-5-10(9)11;1-2/h3-6,9,12H,7-8H2,1-2H3;1-2H3/t9-,12-;/m1./s1. The summed E-state index contributed by atoms with van der Waals surface area (Å²) in [5.41, 5.74) is 2.87. The highest BCUT2D eigenvalue weighted by molar-refractivity contribution is 5.33. The first-order chi connectivity index (χ1) is 7.33. The Morgan fingerprint density at radius 1 is 1.07 bits per heavy atom. The lowest BCUT2D eigenvalue weighted by atomic mass is 9.82. The van der Waals surface area contributed by atoms with E-state index in [1.54, 1.807) is 7.11 Å². The van der Waals surface area contributed by atoms with E-state index >= 15 is 0 Å². The zero-order chi connectivity index (χ0) is 11.3. The van der Waals surface area contributed by atoms with E-state index in [0.717, 1.165) is 6.42 Å². The fourth-order valence-electron chi connectivity index (χ4n) is 2.21. The monoisotopic (exact) mass is 206 g/mol. The molecule has 0 spiro atoms. The average molecular weight is 206 g/mol.